The third kappa shape index (κ3) is 5.55. The van der Waals surface area contributed by atoms with Crippen molar-refractivity contribution >= 4 is 22.5 Å². The summed E-state index contributed by atoms with van der Waals surface area (Å²) < 4.78 is 52.2. The zero-order valence-electron chi connectivity index (χ0n) is 17.6. The minimum Gasteiger partial charge on any atom is -0.490 e. The van der Waals surface area contributed by atoms with Crippen molar-refractivity contribution in [3.05, 3.63) is 41.5 Å². The van der Waals surface area contributed by atoms with Crippen LogP contribution in [-0.2, 0) is 27.0 Å². The lowest BCUT2D eigenvalue weighted by Gasteiger charge is -2.28. The van der Waals surface area contributed by atoms with Gasteiger partial charge in [0.05, 0.1) is 19.8 Å². The normalized spacial score (nSPS) is 19.3. The molecule has 0 bridgehead atoms. The molecule has 168 valence electrons. The van der Waals surface area contributed by atoms with Gasteiger partial charge in [-0.1, -0.05) is 31.2 Å². The van der Waals surface area contributed by atoms with Crippen LogP contribution in [-0.4, -0.2) is 31.5 Å². The fourth-order valence-electron chi connectivity index (χ4n) is 3.97. The second-order valence-electron chi connectivity index (χ2n) is 7.97. The van der Waals surface area contributed by atoms with E-state index in [-0.39, 0.29) is 30.3 Å². The first kappa shape index (κ1) is 23.1. The first-order chi connectivity index (χ1) is 14.7. The maximum atomic E-state index is 14.0. The number of halogens is 3. The van der Waals surface area contributed by atoms with Gasteiger partial charge in [0.2, 0.25) is 0 Å². The number of nitrogens with one attached hydrogen (secondary N) is 1. The van der Waals surface area contributed by atoms with Crippen LogP contribution >= 0.6 is 0 Å². The van der Waals surface area contributed by atoms with Crippen molar-refractivity contribution in [2.45, 2.75) is 51.4 Å². The largest absolute Gasteiger partial charge is 0.490 e. The van der Waals surface area contributed by atoms with Gasteiger partial charge >= 0.3 is 12.1 Å². The SMILES string of the molecule is COC(=O)C(=O)CNCc1cccc2c(C(F)(F)F)c(OC3CCC(C)CC3)ccc12. The van der Waals surface area contributed by atoms with Crippen molar-refractivity contribution in [2.75, 3.05) is 13.7 Å². The Bertz CT molecular complexity index is 950. The van der Waals surface area contributed by atoms with Gasteiger partial charge in [-0.25, -0.2) is 4.79 Å². The number of hydrogen-bond acceptors (Lipinski definition) is 5. The number of fused-ring (bicyclic) bond motifs is 1. The number of esters is 1. The second kappa shape index (κ2) is 9.68. The number of alkyl halides is 3. The molecule has 1 fully saturated rings. The van der Waals surface area contributed by atoms with E-state index >= 15 is 0 Å². The number of carbonyl (C=O) groups is 2. The Hall–Kier alpha value is -2.61. The van der Waals surface area contributed by atoms with Crippen LogP contribution in [0.15, 0.2) is 30.3 Å². The lowest BCUT2D eigenvalue weighted by Crippen LogP contribution is -2.29. The molecule has 0 heterocycles. The summed E-state index contributed by atoms with van der Waals surface area (Å²) in [6, 6.07) is 7.65. The number of rotatable bonds is 7. The maximum absolute atomic E-state index is 14.0. The summed E-state index contributed by atoms with van der Waals surface area (Å²) in [5, 5.41) is 3.25. The lowest BCUT2D eigenvalue weighted by atomic mass is 9.89. The van der Waals surface area contributed by atoms with Crippen LogP contribution in [0, 0.1) is 5.92 Å². The van der Waals surface area contributed by atoms with Crippen molar-refractivity contribution in [2.24, 2.45) is 5.92 Å². The van der Waals surface area contributed by atoms with E-state index in [0.717, 1.165) is 32.8 Å². The summed E-state index contributed by atoms with van der Waals surface area (Å²) in [5.41, 5.74) is -0.199. The molecule has 0 atom stereocenters. The Labute approximate surface area is 178 Å². The standard InChI is InChI=1S/C23H26F3NO4/c1-14-6-8-16(9-7-14)31-20-11-10-17-15(12-27-13-19(28)22(29)30-2)4-3-5-18(17)21(20)23(24,25)26/h3-5,10-11,14,16,27H,6-9,12-13H2,1-2H3. The van der Waals surface area contributed by atoms with Crippen LogP contribution in [0.3, 0.4) is 0 Å². The molecule has 1 aliphatic rings. The minimum absolute atomic E-state index is 0.0489. The van der Waals surface area contributed by atoms with E-state index in [1.54, 1.807) is 18.2 Å². The predicted octanol–water partition coefficient (Wildman–Crippen LogP) is 4.65. The van der Waals surface area contributed by atoms with Gasteiger partial charge in [-0.3, -0.25) is 4.79 Å². The summed E-state index contributed by atoms with van der Waals surface area (Å²) in [6.07, 6.45) is -1.42. The first-order valence-corrected chi connectivity index (χ1v) is 10.3. The van der Waals surface area contributed by atoms with Crippen LogP contribution in [0.25, 0.3) is 10.8 Å². The Morgan fingerprint density at radius 3 is 2.42 bits per heavy atom. The molecule has 0 saturated heterocycles. The number of methoxy groups -OCH3 is 1. The number of carbonyl (C=O) groups excluding carboxylic acids is 2. The molecule has 0 unspecified atom stereocenters. The molecule has 2 aromatic carbocycles. The van der Waals surface area contributed by atoms with Gasteiger partial charge in [0.25, 0.3) is 5.78 Å². The average Bonchev–Trinajstić information content (AvgIpc) is 2.73. The highest BCUT2D eigenvalue weighted by molar-refractivity contribution is 6.34. The number of benzene rings is 2. The molecule has 5 nitrogen and oxygen atoms in total. The summed E-state index contributed by atoms with van der Waals surface area (Å²) in [6.45, 7) is 2.00. The Morgan fingerprint density at radius 2 is 1.77 bits per heavy atom. The quantitative estimate of drug-likeness (QED) is 0.505. The molecule has 1 aliphatic carbocycles. The molecule has 3 rings (SSSR count). The topological polar surface area (TPSA) is 64.6 Å². The molecule has 0 spiro atoms. The summed E-state index contributed by atoms with van der Waals surface area (Å²) >= 11 is 0. The van der Waals surface area contributed by atoms with E-state index < -0.39 is 23.5 Å². The van der Waals surface area contributed by atoms with Crippen LogP contribution in [0.2, 0.25) is 0 Å². The molecule has 0 amide bonds. The van der Waals surface area contributed by atoms with Crippen molar-refractivity contribution in [1.29, 1.82) is 0 Å². The molecular weight excluding hydrogens is 411 g/mol. The summed E-state index contributed by atoms with van der Waals surface area (Å²) in [5.74, 6) is -1.30. The van der Waals surface area contributed by atoms with Crippen molar-refractivity contribution < 1.29 is 32.2 Å². The summed E-state index contributed by atoms with van der Waals surface area (Å²) in [7, 11) is 1.11. The molecule has 1 N–H and O–H groups in total. The Morgan fingerprint density at radius 1 is 1.06 bits per heavy atom. The van der Waals surface area contributed by atoms with Gasteiger partial charge in [0.15, 0.2) is 0 Å². The molecule has 1 saturated carbocycles. The third-order valence-electron chi connectivity index (χ3n) is 5.67. The number of hydrogen-bond donors (Lipinski definition) is 1. The van der Waals surface area contributed by atoms with E-state index in [4.69, 9.17) is 4.74 Å². The molecule has 31 heavy (non-hydrogen) atoms. The first-order valence-electron chi connectivity index (χ1n) is 10.3. The van der Waals surface area contributed by atoms with Gasteiger partial charge in [0.1, 0.15) is 11.3 Å². The number of ether oxygens (including phenoxy) is 2. The van der Waals surface area contributed by atoms with Crippen molar-refractivity contribution in [1.82, 2.24) is 5.32 Å². The van der Waals surface area contributed by atoms with Gasteiger partial charge in [-0.05, 0) is 54.0 Å². The zero-order valence-corrected chi connectivity index (χ0v) is 17.6. The van der Waals surface area contributed by atoms with E-state index in [2.05, 4.69) is 17.0 Å². The molecule has 0 aliphatic heterocycles. The minimum atomic E-state index is -4.58. The maximum Gasteiger partial charge on any atom is 0.420 e. The van der Waals surface area contributed by atoms with Crippen LogP contribution < -0.4 is 10.1 Å². The Balaban J connectivity index is 1.87. The average molecular weight is 437 g/mol. The van der Waals surface area contributed by atoms with Gasteiger partial charge in [-0.15, -0.1) is 0 Å². The van der Waals surface area contributed by atoms with E-state index in [0.29, 0.717) is 16.9 Å². The van der Waals surface area contributed by atoms with Gasteiger partial charge in [0, 0.05) is 6.54 Å². The predicted molar refractivity (Wildman–Crippen MR) is 110 cm³/mol. The number of Topliss-reactive ketones (excluding diaryl/α,β-unsaturated/α-hetero) is 1. The Kier molecular flexibility index (Phi) is 7.20. The molecule has 0 aromatic heterocycles. The van der Waals surface area contributed by atoms with Gasteiger partial charge < -0.3 is 14.8 Å². The molecule has 8 heteroatoms. The smallest absolute Gasteiger partial charge is 0.420 e. The highest BCUT2D eigenvalue weighted by Gasteiger charge is 2.37. The van der Waals surface area contributed by atoms with Crippen LogP contribution in [0.1, 0.15) is 43.7 Å². The monoisotopic (exact) mass is 437 g/mol. The molecular formula is C23H26F3NO4. The van der Waals surface area contributed by atoms with Crippen LogP contribution in [0.5, 0.6) is 5.75 Å². The van der Waals surface area contributed by atoms with E-state index in [1.165, 1.54) is 12.1 Å². The van der Waals surface area contributed by atoms with Crippen molar-refractivity contribution in [3.8, 4) is 5.75 Å². The number of ketones is 1. The summed E-state index contributed by atoms with van der Waals surface area (Å²) in [4.78, 5) is 22.8. The second-order valence-corrected chi connectivity index (χ2v) is 7.97. The highest BCUT2D eigenvalue weighted by atomic mass is 19.4. The fourth-order valence-corrected chi connectivity index (χ4v) is 3.97. The lowest BCUT2D eigenvalue weighted by molar-refractivity contribution is -0.151. The third-order valence-corrected chi connectivity index (χ3v) is 5.67. The van der Waals surface area contributed by atoms with Crippen molar-refractivity contribution in [3.63, 3.8) is 0 Å². The van der Waals surface area contributed by atoms with Crippen LogP contribution in [0.4, 0.5) is 13.2 Å². The highest BCUT2D eigenvalue weighted by Crippen LogP contribution is 2.43. The fraction of sp³-hybridized carbons (Fsp3) is 0.478. The van der Waals surface area contributed by atoms with E-state index in [1.807, 2.05) is 0 Å². The molecule has 0 radical (unpaired) electrons. The van der Waals surface area contributed by atoms with Gasteiger partial charge in [-0.2, -0.15) is 13.2 Å². The molecule has 2 aromatic rings. The van der Waals surface area contributed by atoms with E-state index in [9.17, 15) is 22.8 Å². The zero-order chi connectivity index (χ0) is 22.6.